The van der Waals surface area contributed by atoms with Crippen molar-refractivity contribution in [1.29, 1.82) is 0 Å². The molecule has 4 aliphatic heterocycles. The molecule has 0 amide bonds. The van der Waals surface area contributed by atoms with Crippen LogP contribution in [-0.2, 0) is 33.3 Å². The lowest BCUT2D eigenvalue weighted by molar-refractivity contribution is -0.284. The molecular weight excluding hydrogens is 304 g/mol. The SMILES string of the molecule is CC(C)C1OC(OC2OC(C(C)C)C(=O)C3OC23)C2OC2C1=O. The number of rotatable bonds is 4. The Balaban J connectivity index is 1.44. The van der Waals surface area contributed by atoms with E-state index < -0.39 is 37.0 Å². The van der Waals surface area contributed by atoms with Crippen molar-refractivity contribution in [2.45, 2.75) is 76.9 Å². The Labute approximate surface area is 134 Å². The van der Waals surface area contributed by atoms with Gasteiger partial charge in [-0.3, -0.25) is 9.59 Å². The number of hydrogen-bond acceptors (Lipinski definition) is 7. The van der Waals surface area contributed by atoms with Crippen LogP contribution in [0.3, 0.4) is 0 Å². The van der Waals surface area contributed by atoms with Crippen LogP contribution in [-0.4, -0.2) is 60.8 Å². The molecule has 23 heavy (non-hydrogen) atoms. The number of hydrogen-bond donors (Lipinski definition) is 0. The predicted molar refractivity (Wildman–Crippen MR) is 75.4 cm³/mol. The van der Waals surface area contributed by atoms with Crippen molar-refractivity contribution in [3.05, 3.63) is 0 Å². The highest BCUT2D eigenvalue weighted by molar-refractivity contribution is 5.91. The maximum absolute atomic E-state index is 12.1. The molecule has 4 aliphatic rings. The number of ether oxygens (including phenoxy) is 5. The summed E-state index contributed by atoms with van der Waals surface area (Å²) in [5.74, 6) is 0.0391. The van der Waals surface area contributed by atoms with Crippen LogP contribution in [0.2, 0.25) is 0 Å². The molecule has 0 aromatic heterocycles. The van der Waals surface area contributed by atoms with Crippen molar-refractivity contribution in [2.75, 3.05) is 0 Å². The second-order valence-electron chi connectivity index (χ2n) is 7.32. The van der Waals surface area contributed by atoms with E-state index in [1.165, 1.54) is 0 Å². The summed E-state index contributed by atoms with van der Waals surface area (Å²) in [5, 5.41) is 0. The van der Waals surface area contributed by atoms with Crippen LogP contribution in [0.5, 0.6) is 0 Å². The van der Waals surface area contributed by atoms with Crippen LogP contribution in [0.15, 0.2) is 0 Å². The van der Waals surface area contributed by atoms with Crippen LogP contribution < -0.4 is 0 Å². The third-order valence-corrected chi connectivity index (χ3v) is 4.75. The molecule has 8 atom stereocenters. The Bertz CT molecular complexity index is 485. The summed E-state index contributed by atoms with van der Waals surface area (Å²) in [4.78, 5) is 24.2. The molecule has 0 bridgehead atoms. The summed E-state index contributed by atoms with van der Waals surface area (Å²) in [6, 6.07) is 0. The number of fused-ring (bicyclic) bond motifs is 2. The zero-order valence-electron chi connectivity index (χ0n) is 13.6. The van der Waals surface area contributed by atoms with Crippen molar-refractivity contribution < 1.29 is 33.3 Å². The van der Waals surface area contributed by atoms with Gasteiger partial charge < -0.3 is 23.7 Å². The topological polar surface area (TPSA) is 86.9 Å². The van der Waals surface area contributed by atoms with Gasteiger partial charge in [0, 0.05) is 0 Å². The molecule has 0 saturated carbocycles. The van der Waals surface area contributed by atoms with Crippen LogP contribution in [0.1, 0.15) is 27.7 Å². The minimum Gasteiger partial charge on any atom is -0.356 e. The summed E-state index contributed by atoms with van der Waals surface area (Å²) < 4.78 is 28.3. The molecule has 8 unspecified atom stereocenters. The number of Topliss-reactive ketones (excluding diaryl/α,β-unsaturated/α-hetero) is 2. The zero-order chi connectivity index (χ0) is 16.5. The molecule has 4 fully saturated rings. The first-order valence-corrected chi connectivity index (χ1v) is 8.23. The molecule has 0 aromatic rings. The molecule has 4 heterocycles. The molecule has 0 spiro atoms. The Morgan fingerprint density at radius 3 is 1.48 bits per heavy atom. The normalized spacial score (nSPS) is 48.4. The lowest BCUT2D eigenvalue weighted by atomic mass is 9.96. The third-order valence-electron chi connectivity index (χ3n) is 4.75. The zero-order valence-corrected chi connectivity index (χ0v) is 13.6. The molecule has 7 heteroatoms. The van der Waals surface area contributed by atoms with Crippen molar-refractivity contribution in [3.8, 4) is 0 Å². The van der Waals surface area contributed by atoms with E-state index in [4.69, 9.17) is 23.7 Å². The lowest BCUT2D eigenvalue weighted by Gasteiger charge is -2.33. The summed E-state index contributed by atoms with van der Waals surface area (Å²) in [7, 11) is 0. The van der Waals surface area contributed by atoms with E-state index in [-0.39, 0.29) is 35.6 Å². The molecule has 4 rings (SSSR count). The van der Waals surface area contributed by atoms with Gasteiger partial charge in [0.15, 0.2) is 36.4 Å². The van der Waals surface area contributed by atoms with Crippen LogP contribution >= 0.6 is 0 Å². The molecule has 7 nitrogen and oxygen atoms in total. The average Bonchev–Trinajstić information content (AvgIpc) is 3.35. The van der Waals surface area contributed by atoms with Crippen molar-refractivity contribution in [1.82, 2.24) is 0 Å². The summed E-state index contributed by atoms with van der Waals surface area (Å²) in [6.07, 6.45) is -4.05. The number of epoxide rings is 2. The first kappa shape index (κ1) is 15.7. The molecule has 128 valence electrons. The van der Waals surface area contributed by atoms with Gasteiger partial charge in [-0.2, -0.15) is 0 Å². The van der Waals surface area contributed by atoms with Gasteiger partial charge in [0.25, 0.3) is 0 Å². The van der Waals surface area contributed by atoms with Crippen molar-refractivity contribution >= 4 is 11.6 Å². The van der Waals surface area contributed by atoms with Crippen molar-refractivity contribution in [3.63, 3.8) is 0 Å². The minimum absolute atomic E-state index is 0.0230. The van der Waals surface area contributed by atoms with E-state index in [0.29, 0.717) is 0 Å². The van der Waals surface area contributed by atoms with E-state index in [1.54, 1.807) is 0 Å². The van der Waals surface area contributed by atoms with E-state index in [2.05, 4.69) is 0 Å². The average molecular weight is 326 g/mol. The second-order valence-corrected chi connectivity index (χ2v) is 7.32. The molecular formula is C16H22O7. The Kier molecular flexibility index (Phi) is 3.62. The third kappa shape index (κ3) is 2.55. The predicted octanol–water partition coefficient (Wildman–Crippen LogP) is 0.438. The van der Waals surface area contributed by atoms with E-state index in [1.807, 2.05) is 27.7 Å². The Morgan fingerprint density at radius 2 is 1.13 bits per heavy atom. The highest BCUT2D eigenvalue weighted by atomic mass is 16.8. The van der Waals surface area contributed by atoms with Gasteiger partial charge in [-0.25, -0.2) is 0 Å². The van der Waals surface area contributed by atoms with E-state index in [9.17, 15) is 9.59 Å². The van der Waals surface area contributed by atoms with Crippen LogP contribution in [0.25, 0.3) is 0 Å². The first-order chi connectivity index (χ1) is 10.9. The standard InChI is InChI=1S/C16H22O7/c1-5(2)9-7(17)11-13(19-11)15(21-9)23-16-14-12(20-14)8(18)10(22-16)6(3)4/h5-6,9-16H,1-4H3. The number of ketones is 2. The molecule has 0 aromatic carbocycles. The molecule has 4 saturated heterocycles. The summed E-state index contributed by atoms with van der Waals surface area (Å²) in [5.41, 5.74) is 0. The highest BCUT2D eigenvalue weighted by Gasteiger charge is 2.63. The monoisotopic (exact) mass is 326 g/mol. The number of carbonyl (C=O) groups excluding carboxylic acids is 2. The van der Waals surface area contributed by atoms with Gasteiger partial charge in [0.05, 0.1) is 0 Å². The highest BCUT2D eigenvalue weighted by Crippen LogP contribution is 2.42. The molecule has 0 aliphatic carbocycles. The summed E-state index contributed by atoms with van der Waals surface area (Å²) >= 11 is 0. The van der Waals surface area contributed by atoms with Gasteiger partial charge in [-0.1, -0.05) is 27.7 Å². The maximum atomic E-state index is 12.1. The maximum Gasteiger partial charge on any atom is 0.193 e. The smallest absolute Gasteiger partial charge is 0.193 e. The van der Waals surface area contributed by atoms with E-state index >= 15 is 0 Å². The fraction of sp³-hybridized carbons (Fsp3) is 0.875. The summed E-state index contributed by atoms with van der Waals surface area (Å²) in [6.45, 7) is 7.69. The second kappa shape index (κ2) is 5.32. The minimum atomic E-state index is -0.666. The fourth-order valence-corrected chi connectivity index (χ4v) is 3.34. The fourth-order valence-electron chi connectivity index (χ4n) is 3.34. The van der Waals surface area contributed by atoms with Gasteiger partial charge in [-0.15, -0.1) is 0 Å². The molecule has 0 N–H and O–H groups in total. The van der Waals surface area contributed by atoms with Gasteiger partial charge in [0.2, 0.25) is 0 Å². The number of carbonyl (C=O) groups is 2. The molecule has 0 radical (unpaired) electrons. The van der Waals surface area contributed by atoms with Gasteiger partial charge in [0.1, 0.15) is 24.4 Å². The Morgan fingerprint density at radius 1 is 0.739 bits per heavy atom. The van der Waals surface area contributed by atoms with Crippen LogP contribution in [0.4, 0.5) is 0 Å². The van der Waals surface area contributed by atoms with E-state index in [0.717, 1.165) is 0 Å². The largest absolute Gasteiger partial charge is 0.356 e. The van der Waals surface area contributed by atoms with Gasteiger partial charge >= 0.3 is 0 Å². The van der Waals surface area contributed by atoms with Crippen molar-refractivity contribution in [2.24, 2.45) is 11.8 Å². The first-order valence-electron chi connectivity index (χ1n) is 8.23. The van der Waals surface area contributed by atoms with Gasteiger partial charge in [-0.05, 0) is 11.8 Å². The van der Waals surface area contributed by atoms with Crippen LogP contribution in [0, 0.1) is 11.8 Å². The lowest BCUT2D eigenvalue weighted by Crippen LogP contribution is -2.51. The Hall–Kier alpha value is -0.860. The quantitative estimate of drug-likeness (QED) is 0.693.